The second-order valence-corrected chi connectivity index (χ2v) is 9.36. The molecule has 0 spiro atoms. The summed E-state index contributed by atoms with van der Waals surface area (Å²) >= 11 is 0. The van der Waals surface area contributed by atoms with Crippen molar-refractivity contribution < 1.29 is 4.39 Å². The molecule has 0 unspecified atom stereocenters. The van der Waals surface area contributed by atoms with Gasteiger partial charge in [0.1, 0.15) is 5.82 Å². The number of imidazole rings is 1. The quantitative estimate of drug-likeness (QED) is 0.457. The maximum Gasteiger partial charge on any atom is 0.206 e. The van der Waals surface area contributed by atoms with Crippen LogP contribution in [-0.2, 0) is 13.1 Å². The number of nitrogens with one attached hydrogen (secondary N) is 1. The number of hydrogen-bond acceptors (Lipinski definition) is 4. The maximum atomic E-state index is 14.3. The van der Waals surface area contributed by atoms with E-state index < -0.39 is 0 Å². The van der Waals surface area contributed by atoms with Crippen LogP contribution in [0, 0.1) is 26.6 Å². The molecule has 5 nitrogen and oxygen atoms in total. The Kier molecular flexibility index (Phi) is 6.11. The Morgan fingerprint density at radius 2 is 1.62 bits per heavy atom. The lowest BCUT2D eigenvalue weighted by atomic mass is 10.00. The lowest BCUT2D eigenvalue weighted by Crippen LogP contribution is -2.44. The molecule has 0 aliphatic carbocycles. The Morgan fingerprint density at radius 3 is 2.26 bits per heavy atom. The zero-order valence-electron chi connectivity index (χ0n) is 20.2. The van der Waals surface area contributed by atoms with Crippen molar-refractivity contribution in [2.45, 2.75) is 33.9 Å². The van der Waals surface area contributed by atoms with Gasteiger partial charge < -0.3 is 20.5 Å². The van der Waals surface area contributed by atoms with E-state index in [-0.39, 0.29) is 5.82 Å². The Morgan fingerprint density at radius 1 is 0.941 bits per heavy atom. The van der Waals surface area contributed by atoms with Gasteiger partial charge >= 0.3 is 0 Å². The van der Waals surface area contributed by atoms with Gasteiger partial charge in [0.25, 0.3) is 0 Å². The van der Waals surface area contributed by atoms with Crippen LogP contribution in [0.15, 0.2) is 48.5 Å². The van der Waals surface area contributed by atoms with E-state index in [1.54, 1.807) is 0 Å². The molecule has 0 bridgehead atoms. The van der Waals surface area contributed by atoms with E-state index >= 15 is 0 Å². The van der Waals surface area contributed by atoms with Gasteiger partial charge in [-0.15, -0.1) is 0 Å². The van der Waals surface area contributed by atoms with Gasteiger partial charge in [0, 0.05) is 38.3 Å². The molecule has 3 aromatic carbocycles. The minimum atomic E-state index is -0.124. The molecule has 0 saturated carbocycles. The number of rotatable bonds is 5. The lowest BCUT2D eigenvalue weighted by Gasteiger charge is -2.29. The Hall–Kier alpha value is -3.22. The second-order valence-electron chi connectivity index (χ2n) is 9.36. The molecule has 6 heteroatoms. The summed E-state index contributed by atoms with van der Waals surface area (Å²) < 4.78 is 16.6. The van der Waals surface area contributed by atoms with Crippen LogP contribution in [0.5, 0.6) is 0 Å². The number of hydrogen-bond donors (Lipinski definition) is 2. The first kappa shape index (κ1) is 22.6. The number of aromatic nitrogens is 2. The molecule has 2 heterocycles. The Balaban J connectivity index is 1.69. The highest BCUT2D eigenvalue weighted by atomic mass is 19.1. The number of aryl methyl sites for hydroxylation is 3. The number of nitrogens with zero attached hydrogens (tertiary/aromatic N) is 3. The first-order valence-corrected chi connectivity index (χ1v) is 12.0. The average molecular weight is 458 g/mol. The molecule has 5 rings (SSSR count). The Labute approximate surface area is 200 Å². The number of piperazine rings is 1. The third-order valence-electron chi connectivity index (χ3n) is 6.72. The van der Waals surface area contributed by atoms with Gasteiger partial charge in [0.2, 0.25) is 5.95 Å². The zero-order chi connectivity index (χ0) is 23.8. The van der Waals surface area contributed by atoms with Crippen LogP contribution in [0.3, 0.4) is 0 Å². The van der Waals surface area contributed by atoms with Gasteiger partial charge in [0.15, 0.2) is 0 Å². The number of halogens is 1. The average Bonchev–Trinajstić information content (AvgIpc) is 3.20. The van der Waals surface area contributed by atoms with Gasteiger partial charge in [0.05, 0.1) is 17.6 Å². The van der Waals surface area contributed by atoms with E-state index in [9.17, 15) is 4.39 Å². The van der Waals surface area contributed by atoms with Gasteiger partial charge in [-0.3, -0.25) is 0 Å². The van der Waals surface area contributed by atoms with Crippen LogP contribution in [0.4, 0.5) is 10.3 Å². The highest BCUT2D eigenvalue weighted by Crippen LogP contribution is 2.34. The first-order chi connectivity index (χ1) is 16.4. The summed E-state index contributed by atoms with van der Waals surface area (Å²) in [6.07, 6.45) is 0. The predicted molar refractivity (Wildman–Crippen MR) is 138 cm³/mol. The van der Waals surface area contributed by atoms with Gasteiger partial charge in [-0.05, 0) is 66.3 Å². The van der Waals surface area contributed by atoms with E-state index in [2.05, 4.69) is 58.1 Å². The van der Waals surface area contributed by atoms with Crippen LogP contribution in [0.1, 0.15) is 27.8 Å². The van der Waals surface area contributed by atoms with E-state index in [4.69, 9.17) is 10.7 Å². The van der Waals surface area contributed by atoms with E-state index in [1.807, 2.05) is 26.0 Å². The molecule has 1 fully saturated rings. The number of benzene rings is 3. The highest BCUT2D eigenvalue weighted by Gasteiger charge is 2.22. The molecule has 3 N–H and O–H groups in total. The summed E-state index contributed by atoms with van der Waals surface area (Å²) in [6, 6.07) is 16.8. The van der Waals surface area contributed by atoms with Crippen molar-refractivity contribution in [2.75, 3.05) is 31.1 Å². The van der Waals surface area contributed by atoms with Crippen molar-refractivity contribution in [1.29, 1.82) is 0 Å². The topological polar surface area (TPSA) is 59.1 Å². The molecule has 1 aliphatic rings. The third kappa shape index (κ3) is 4.19. The van der Waals surface area contributed by atoms with Crippen molar-refractivity contribution in [3.8, 4) is 11.1 Å². The minimum Gasteiger partial charge on any atom is -0.340 e. The number of anilines is 1. The normalized spacial score (nSPS) is 14.2. The molecular weight excluding hydrogens is 425 g/mol. The summed E-state index contributed by atoms with van der Waals surface area (Å²) in [4.78, 5) is 7.57. The van der Waals surface area contributed by atoms with Crippen molar-refractivity contribution in [3.63, 3.8) is 0 Å². The highest BCUT2D eigenvalue weighted by molar-refractivity contribution is 5.94. The number of nitrogens with two attached hydrogens (primary N) is 1. The lowest BCUT2D eigenvalue weighted by molar-refractivity contribution is 0.571. The van der Waals surface area contributed by atoms with Crippen molar-refractivity contribution in [3.05, 3.63) is 82.2 Å². The van der Waals surface area contributed by atoms with Crippen LogP contribution in [0.25, 0.3) is 22.2 Å². The van der Waals surface area contributed by atoms with Crippen molar-refractivity contribution in [1.82, 2.24) is 14.9 Å². The smallest absolute Gasteiger partial charge is 0.206 e. The second kappa shape index (κ2) is 9.20. The van der Waals surface area contributed by atoms with Gasteiger partial charge in [-0.2, -0.15) is 0 Å². The van der Waals surface area contributed by atoms with Crippen molar-refractivity contribution in [2.24, 2.45) is 5.73 Å². The van der Waals surface area contributed by atoms with Crippen LogP contribution < -0.4 is 16.0 Å². The SMILES string of the molecule is Cc1cc(-c2ccc(CN)cc2)c2nc(N3CCNCC3)n(Cc3cc(C)c(F)c(C)c3)c2c1. The molecule has 1 aliphatic heterocycles. The monoisotopic (exact) mass is 457 g/mol. The standard InChI is InChI=1S/C28H32FN5/c1-18-12-24(23-6-4-21(16-30)5-7-23)27-25(13-18)34(28(32-27)33-10-8-31-9-11-33)17-22-14-19(2)26(29)20(3)15-22/h4-7,12-15,31H,8-11,16-17,30H2,1-3H3. The molecule has 1 saturated heterocycles. The summed E-state index contributed by atoms with van der Waals surface area (Å²) in [6.45, 7) is 10.7. The van der Waals surface area contributed by atoms with E-state index in [1.165, 1.54) is 5.56 Å². The first-order valence-electron chi connectivity index (χ1n) is 12.0. The van der Waals surface area contributed by atoms with E-state index in [0.29, 0.717) is 24.2 Å². The molecule has 1 aromatic heterocycles. The van der Waals surface area contributed by atoms with E-state index in [0.717, 1.165) is 65.4 Å². The molecule has 4 aromatic rings. The molecule has 0 amide bonds. The van der Waals surface area contributed by atoms with Crippen LogP contribution in [0.2, 0.25) is 0 Å². The minimum absolute atomic E-state index is 0.124. The van der Waals surface area contributed by atoms with Crippen LogP contribution >= 0.6 is 0 Å². The molecule has 0 radical (unpaired) electrons. The molecular formula is C28H32FN5. The van der Waals surface area contributed by atoms with Crippen LogP contribution in [-0.4, -0.2) is 35.7 Å². The summed E-state index contributed by atoms with van der Waals surface area (Å²) in [5.74, 6) is 0.849. The fourth-order valence-corrected chi connectivity index (χ4v) is 4.96. The zero-order valence-corrected chi connectivity index (χ0v) is 20.2. The Bertz CT molecular complexity index is 1310. The summed E-state index contributed by atoms with van der Waals surface area (Å²) in [5, 5.41) is 3.44. The third-order valence-corrected chi connectivity index (χ3v) is 6.72. The molecule has 34 heavy (non-hydrogen) atoms. The maximum absolute atomic E-state index is 14.3. The van der Waals surface area contributed by atoms with Crippen molar-refractivity contribution >= 4 is 17.0 Å². The molecule has 176 valence electrons. The fourth-order valence-electron chi connectivity index (χ4n) is 4.96. The fraction of sp³-hybridized carbons (Fsp3) is 0.321. The number of fused-ring (bicyclic) bond motifs is 1. The predicted octanol–water partition coefficient (Wildman–Crippen LogP) is 4.68. The van der Waals surface area contributed by atoms with Gasteiger partial charge in [-0.1, -0.05) is 36.4 Å². The summed E-state index contributed by atoms with van der Waals surface area (Å²) in [7, 11) is 0. The molecule has 0 atom stereocenters. The van der Waals surface area contributed by atoms with Gasteiger partial charge in [-0.25, -0.2) is 9.37 Å². The summed E-state index contributed by atoms with van der Waals surface area (Å²) in [5.41, 5.74) is 14.9. The largest absolute Gasteiger partial charge is 0.340 e.